The van der Waals surface area contributed by atoms with Crippen LogP contribution in [-0.4, -0.2) is 64.0 Å². The second-order valence-corrected chi connectivity index (χ2v) is 11.5. The van der Waals surface area contributed by atoms with Gasteiger partial charge in [-0.1, -0.05) is 12.1 Å². The van der Waals surface area contributed by atoms with Crippen molar-refractivity contribution in [2.45, 2.75) is 31.8 Å². The number of pyridine rings is 1. The Hall–Kier alpha value is -3.51. The fraction of sp³-hybridized carbons (Fsp3) is 0.321. The Morgan fingerprint density at radius 3 is 2.77 bits per heavy atom. The molecule has 2 aliphatic rings. The molecular formula is C28H28N6O3S2. The van der Waals surface area contributed by atoms with Gasteiger partial charge in [0.15, 0.2) is 5.13 Å². The van der Waals surface area contributed by atoms with Crippen LogP contribution in [0.4, 0.5) is 5.13 Å². The van der Waals surface area contributed by atoms with Gasteiger partial charge in [-0.05, 0) is 49.1 Å². The van der Waals surface area contributed by atoms with Crippen LogP contribution in [0.25, 0.3) is 10.6 Å². The van der Waals surface area contributed by atoms with Crippen LogP contribution in [0.15, 0.2) is 54.2 Å². The molecule has 1 atom stereocenters. The minimum atomic E-state index is -0.259. The molecule has 0 saturated carbocycles. The Bertz CT molecular complexity index is 1460. The van der Waals surface area contributed by atoms with Crippen LogP contribution in [0.1, 0.15) is 43.4 Å². The number of thiazole rings is 2. The second kappa shape index (κ2) is 11.7. The highest BCUT2D eigenvalue weighted by atomic mass is 32.1. The number of hydrogen-bond acceptors (Lipinski definition) is 9. The van der Waals surface area contributed by atoms with E-state index in [-0.39, 0.29) is 18.4 Å². The highest BCUT2D eigenvalue weighted by Gasteiger charge is 2.28. The number of amides is 2. The number of nitrogens with one attached hydrogen (secondary N) is 2. The van der Waals surface area contributed by atoms with E-state index in [1.165, 1.54) is 16.2 Å². The lowest BCUT2D eigenvalue weighted by atomic mass is 9.96. The molecule has 6 rings (SSSR count). The van der Waals surface area contributed by atoms with Crippen molar-refractivity contribution in [3.63, 3.8) is 0 Å². The molecule has 1 fully saturated rings. The van der Waals surface area contributed by atoms with E-state index in [1.807, 2.05) is 24.3 Å². The average Bonchev–Trinajstić information content (AvgIpc) is 3.64. The normalized spacial score (nSPS) is 17.4. The number of anilines is 1. The first-order chi connectivity index (χ1) is 19.1. The second-order valence-electron chi connectivity index (χ2n) is 9.54. The largest absolute Gasteiger partial charge is 0.379 e. The highest BCUT2D eigenvalue weighted by Crippen LogP contribution is 2.32. The lowest BCUT2D eigenvalue weighted by Gasteiger charge is -2.36. The Labute approximate surface area is 234 Å². The van der Waals surface area contributed by atoms with E-state index in [0.29, 0.717) is 22.4 Å². The number of aromatic nitrogens is 3. The lowest BCUT2D eigenvalue weighted by molar-refractivity contribution is 0.0139. The molecule has 1 aromatic carbocycles. The Morgan fingerprint density at radius 2 is 1.92 bits per heavy atom. The summed E-state index contributed by atoms with van der Waals surface area (Å²) in [6, 6.07) is 11.5. The first-order valence-electron chi connectivity index (χ1n) is 13.0. The summed E-state index contributed by atoms with van der Waals surface area (Å²) < 4.78 is 5.50. The highest BCUT2D eigenvalue weighted by molar-refractivity contribution is 7.16. The van der Waals surface area contributed by atoms with Crippen LogP contribution in [0.5, 0.6) is 0 Å². The predicted molar refractivity (Wildman–Crippen MR) is 151 cm³/mol. The number of benzene rings is 1. The summed E-state index contributed by atoms with van der Waals surface area (Å²) in [5, 5.41) is 9.03. The number of carbonyl (C=O) groups excluding carboxylic acids is 2. The first-order valence-corrected chi connectivity index (χ1v) is 14.7. The maximum atomic E-state index is 13.0. The Morgan fingerprint density at radius 1 is 1.08 bits per heavy atom. The molecule has 39 heavy (non-hydrogen) atoms. The van der Waals surface area contributed by atoms with Crippen molar-refractivity contribution in [1.29, 1.82) is 0 Å². The van der Waals surface area contributed by atoms with Crippen molar-refractivity contribution in [2.24, 2.45) is 0 Å². The van der Waals surface area contributed by atoms with Gasteiger partial charge in [0.2, 0.25) is 0 Å². The van der Waals surface area contributed by atoms with Crippen LogP contribution in [0.2, 0.25) is 0 Å². The average molecular weight is 561 g/mol. The zero-order chi connectivity index (χ0) is 26.6. The SMILES string of the molecule is O=C(Nc1nc2c(s1)CC(N1CCOCC1)CC2)c1cccc(CNC(=O)c2csc(-c3ccncc3)n2)c1. The smallest absolute Gasteiger partial charge is 0.271 e. The molecule has 0 spiro atoms. The number of aryl methyl sites for hydroxylation is 1. The quantitative estimate of drug-likeness (QED) is 0.351. The van der Waals surface area contributed by atoms with Gasteiger partial charge in [-0.2, -0.15) is 0 Å². The number of hydrogen-bond donors (Lipinski definition) is 2. The van der Waals surface area contributed by atoms with Crippen molar-refractivity contribution < 1.29 is 14.3 Å². The van der Waals surface area contributed by atoms with Gasteiger partial charge in [0.05, 0.1) is 18.9 Å². The third kappa shape index (κ3) is 6.06. The molecular weight excluding hydrogens is 532 g/mol. The topological polar surface area (TPSA) is 109 Å². The summed E-state index contributed by atoms with van der Waals surface area (Å²) in [7, 11) is 0. The summed E-state index contributed by atoms with van der Waals surface area (Å²) in [5.74, 6) is -0.467. The Balaban J connectivity index is 1.05. The van der Waals surface area contributed by atoms with Gasteiger partial charge in [0.25, 0.3) is 11.8 Å². The van der Waals surface area contributed by atoms with Gasteiger partial charge < -0.3 is 10.1 Å². The summed E-state index contributed by atoms with van der Waals surface area (Å²) in [6.45, 7) is 3.85. The third-order valence-corrected chi connectivity index (χ3v) is 8.93. The molecule has 1 aliphatic carbocycles. The van der Waals surface area contributed by atoms with Gasteiger partial charge in [-0.3, -0.25) is 24.8 Å². The molecule has 200 valence electrons. The number of carbonyl (C=O) groups is 2. The maximum absolute atomic E-state index is 13.0. The van der Waals surface area contributed by atoms with E-state index in [0.717, 1.165) is 67.4 Å². The lowest BCUT2D eigenvalue weighted by Crippen LogP contribution is -2.45. The summed E-state index contributed by atoms with van der Waals surface area (Å²) >= 11 is 2.99. The zero-order valence-corrected chi connectivity index (χ0v) is 22.9. The Kier molecular flexibility index (Phi) is 7.73. The van der Waals surface area contributed by atoms with Crippen LogP contribution in [-0.2, 0) is 24.1 Å². The van der Waals surface area contributed by atoms with E-state index in [2.05, 4.69) is 25.5 Å². The number of fused-ring (bicyclic) bond motifs is 1. The fourth-order valence-electron chi connectivity index (χ4n) is 4.94. The summed E-state index contributed by atoms with van der Waals surface area (Å²) in [4.78, 5) is 42.6. The van der Waals surface area contributed by atoms with Crippen molar-refractivity contribution >= 4 is 39.6 Å². The van der Waals surface area contributed by atoms with Crippen LogP contribution >= 0.6 is 22.7 Å². The number of morpholine rings is 1. The van der Waals surface area contributed by atoms with E-state index in [1.54, 1.807) is 41.2 Å². The summed E-state index contributed by atoms with van der Waals surface area (Å²) in [6.07, 6.45) is 6.39. The monoisotopic (exact) mass is 560 g/mol. The molecule has 4 heterocycles. The minimum absolute atomic E-state index is 0.208. The summed E-state index contributed by atoms with van der Waals surface area (Å²) in [5.41, 5.74) is 3.74. The molecule has 0 bridgehead atoms. The van der Waals surface area contributed by atoms with Crippen molar-refractivity contribution in [3.8, 4) is 10.6 Å². The van der Waals surface area contributed by atoms with Gasteiger partial charge in [-0.25, -0.2) is 9.97 Å². The molecule has 1 unspecified atom stereocenters. The van der Waals surface area contributed by atoms with Gasteiger partial charge >= 0.3 is 0 Å². The standard InChI is InChI=1S/C28H28N6O3S2/c35-25(33-28-32-22-5-4-21(15-24(22)39-28)34-10-12-37-13-11-34)20-3-1-2-18(14-20)16-30-26(36)23-17-38-27(31-23)19-6-8-29-9-7-19/h1-3,6-9,14,17,21H,4-5,10-13,15-16H2,(H,30,36)(H,32,33,35). The number of rotatable bonds is 7. The molecule has 2 amide bonds. The minimum Gasteiger partial charge on any atom is -0.379 e. The van der Waals surface area contributed by atoms with Crippen LogP contribution in [0, 0.1) is 0 Å². The van der Waals surface area contributed by atoms with E-state index in [9.17, 15) is 9.59 Å². The fourth-order valence-corrected chi connectivity index (χ4v) is 6.82. The maximum Gasteiger partial charge on any atom is 0.271 e. The van der Waals surface area contributed by atoms with Crippen molar-refractivity contribution in [3.05, 3.63) is 81.6 Å². The van der Waals surface area contributed by atoms with Crippen LogP contribution < -0.4 is 10.6 Å². The van der Waals surface area contributed by atoms with Gasteiger partial charge in [0, 0.05) is 59.5 Å². The molecule has 3 aromatic heterocycles. The van der Waals surface area contributed by atoms with E-state index < -0.39 is 0 Å². The number of ether oxygens (including phenoxy) is 1. The molecule has 2 N–H and O–H groups in total. The van der Waals surface area contributed by atoms with E-state index in [4.69, 9.17) is 9.72 Å². The molecule has 0 radical (unpaired) electrons. The van der Waals surface area contributed by atoms with Crippen molar-refractivity contribution in [2.75, 3.05) is 31.6 Å². The molecule has 1 saturated heterocycles. The van der Waals surface area contributed by atoms with Gasteiger partial charge in [-0.15, -0.1) is 22.7 Å². The van der Waals surface area contributed by atoms with E-state index >= 15 is 0 Å². The van der Waals surface area contributed by atoms with Gasteiger partial charge in [0.1, 0.15) is 10.7 Å². The molecule has 11 heteroatoms. The molecule has 9 nitrogen and oxygen atoms in total. The molecule has 1 aliphatic heterocycles. The first kappa shape index (κ1) is 25.8. The number of nitrogens with zero attached hydrogens (tertiary/aromatic N) is 4. The molecule has 4 aromatic rings. The van der Waals surface area contributed by atoms with Crippen LogP contribution in [0.3, 0.4) is 0 Å². The van der Waals surface area contributed by atoms with Crippen molar-refractivity contribution in [1.82, 2.24) is 25.2 Å². The predicted octanol–water partition coefficient (Wildman–Crippen LogP) is 4.03. The zero-order valence-electron chi connectivity index (χ0n) is 21.3. The third-order valence-electron chi connectivity index (χ3n) is 7.00.